The number of carbonyl (C=O) groups is 1. The van der Waals surface area contributed by atoms with Crippen LogP contribution in [0.2, 0.25) is 0 Å². The lowest BCUT2D eigenvalue weighted by molar-refractivity contribution is -0.131. The highest BCUT2D eigenvalue weighted by molar-refractivity contribution is 5.69. The number of nitriles is 1. The summed E-state index contributed by atoms with van der Waals surface area (Å²) in [6, 6.07) is 7.15. The van der Waals surface area contributed by atoms with Gasteiger partial charge in [0.1, 0.15) is 5.75 Å². The van der Waals surface area contributed by atoms with E-state index >= 15 is 0 Å². The fourth-order valence-electron chi connectivity index (χ4n) is 1.20. The topological polar surface area (TPSA) is 50.1 Å². The van der Waals surface area contributed by atoms with E-state index in [1.165, 1.54) is 6.92 Å². The monoisotopic (exact) mass is 189 g/mol. The molecule has 3 nitrogen and oxygen atoms in total. The number of ether oxygens (including phenoxy) is 1. The second-order valence-corrected chi connectivity index (χ2v) is 2.88. The van der Waals surface area contributed by atoms with Crippen LogP contribution >= 0.6 is 0 Å². The average Bonchev–Trinajstić information content (AvgIpc) is 2.16. The molecule has 72 valence electrons. The molecule has 0 fully saturated rings. The molecule has 0 unspecified atom stereocenters. The van der Waals surface area contributed by atoms with Gasteiger partial charge in [-0.05, 0) is 24.1 Å². The third-order valence-electron chi connectivity index (χ3n) is 1.84. The molecule has 0 aliphatic heterocycles. The fraction of sp³-hybridized carbons (Fsp3) is 0.273. The maximum Gasteiger partial charge on any atom is 0.308 e. The molecule has 0 heterocycles. The van der Waals surface area contributed by atoms with Gasteiger partial charge in [0.2, 0.25) is 0 Å². The van der Waals surface area contributed by atoms with Gasteiger partial charge in [0.25, 0.3) is 0 Å². The Morgan fingerprint density at radius 2 is 2.29 bits per heavy atom. The SMILES string of the molecule is CCc1ccc(OC(C)=O)cc1C#N. The Kier molecular flexibility index (Phi) is 3.24. The highest BCUT2D eigenvalue weighted by Crippen LogP contribution is 2.17. The fourth-order valence-corrected chi connectivity index (χ4v) is 1.20. The molecule has 0 saturated heterocycles. The first-order valence-corrected chi connectivity index (χ1v) is 4.38. The van der Waals surface area contributed by atoms with Crippen molar-refractivity contribution in [3.63, 3.8) is 0 Å². The van der Waals surface area contributed by atoms with Crippen molar-refractivity contribution in [3.8, 4) is 11.8 Å². The molecule has 14 heavy (non-hydrogen) atoms. The summed E-state index contributed by atoms with van der Waals surface area (Å²) >= 11 is 0. The van der Waals surface area contributed by atoms with E-state index in [0.29, 0.717) is 11.3 Å². The average molecular weight is 189 g/mol. The summed E-state index contributed by atoms with van der Waals surface area (Å²) in [5.74, 6) is 0.0457. The molecule has 0 aliphatic carbocycles. The van der Waals surface area contributed by atoms with E-state index in [0.717, 1.165) is 12.0 Å². The number of hydrogen-bond donors (Lipinski definition) is 0. The van der Waals surface area contributed by atoms with Crippen molar-refractivity contribution in [2.75, 3.05) is 0 Å². The van der Waals surface area contributed by atoms with Gasteiger partial charge in [0.15, 0.2) is 0 Å². The molecule has 1 aromatic carbocycles. The van der Waals surface area contributed by atoms with Crippen LogP contribution in [-0.4, -0.2) is 5.97 Å². The third-order valence-corrected chi connectivity index (χ3v) is 1.84. The second kappa shape index (κ2) is 4.43. The first-order valence-electron chi connectivity index (χ1n) is 4.38. The lowest BCUT2D eigenvalue weighted by atomic mass is 10.1. The highest BCUT2D eigenvalue weighted by Gasteiger charge is 2.03. The van der Waals surface area contributed by atoms with E-state index in [9.17, 15) is 4.79 Å². The quantitative estimate of drug-likeness (QED) is 0.528. The van der Waals surface area contributed by atoms with Crippen LogP contribution in [0.15, 0.2) is 18.2 Å². The molecular weight excluding hydrogens is 178 g/mol. The zero-order valence-electron chi connectivity index (χ0n) is 8.20. The van der Waals surface area contributed by atoms with Crippen molar-refractivity contribution < 1.29 is 9.53 Å². The summed E-state index contributed by atoms with van der Waals surface area (Å²) < 4.78 is 4.87. The smallest absolute Gasteiger partial charge is 0.308 e. The standard InChI is InChI=1S/C11H11NO2/c1-3-9-4-5-11(14-8(2)13)6-10(9)7-12/h4-6H,3H2,1-2H3. The number of esters is 1. The Balaban J connectivity index is 3.03. The summed E-state index contributed by atoms with van der Waals surface area (Å²) in [4.78, 5) is 10.7. The van der Waals surface area contributed by atoms with Crippen molar-refractivity contribution in [3.05, 3.63) is 29.3 Å². The molecule has 0 aliphatic rings. The summed E-state index contributed by atoms with van der Waals surface area (Å²) in [6.07, 6.45) is 0.795. The van der Waals surface area contributed by atoms with Gasteiger partial charge in [-0.15, -0.1) is 0 Å². The molecule has 0 spiro atoms. The van der Waals surface area contributed by atoms with Crippen LogP contribution in [0.25, 0.3) is 0 Å². The van der Waals surface area contributed by atoms with Gasteiger partial charge >= 0.3 is 5.97 Å². The molecular formula is C11H11NO2. The van der Waals surface area contributed by atoms with Crippen molar-refractivity contribution >= 4 is 5.97 Å². The minimum absolute atomic E-state index is 0.377. The van der Waals surface area contributed by atoms with E-state index in [2.05, 4.69) is 6.07 Å². The van der Waals surface area contributed by atoms with Crippen molar-refractivity contribution in [1.29, 1.82) is 5.26 Å². The molecule has 0 atom stereocenters. The van der Waals surface area contributed by atoms with Crippen LogP contribution in [0.1, 0.15) is 25.0 Å². The Labute approximate surface area is 82.9 Å². The lowest BCUT2D eigenvalue weighted by Gasteiger charge is -2.04. The van der Waals surface area contributed by atoms with Crippen LogP contribution in [-0.2, 0) is 11.2 Å². The van der Waals surface area contributed by atoms with E-state index in [1.54, 1.807) is 18.2 Å². The minimum atomic E-state index is -0.377. The van der Waals surface area contributed by atoms with E-state index < -0.39 is 0 Å². The molecule has 3 heteroatoms. The van der Waals surface area contributed by atoms with Crippen molar-refractivity contribution in [2.45, 2.75) is 20.3 Å². The van der Waals surface area contributed by atoms with Crippen LogP contribution in [0.4, 0.5) is 0 Å². The largest absolute Gasteiger partial charge is 0.427 e. The van der Waals surface area contributed by atoms with Crippen LogP contribution < -0.4 is 4.74 Å². The van der Waals surface area contributed by atoms with Gasteiger partial charge in [-0.25, -0.2) is 0 Å². The molecule has 1 aromatic rings. The summed E-state index contributed by atoms with van der Waals surface area (Å²) in [5.41, 5.74) is 1.52. The van der Waals surface area contributed by atoms with Gasteiger partial charge in [-0.1, -0.05) is 13.0 Å². The van der Waals surface area contributed by atoms with Gasteiger partial charge in [-0.2, -0.15) is 5.26 Å². The summed E-state index contributed by atoms with van der Waals surface area (Å²) in [6.45, 7) is 3.31. The van der Waals surface area contributed by atoms with Gasteiger partial charge in [-0.3, -0.25) is 4.79 Å². The zero-order valence-corrected chi connectivity index (χ0v) is 8.20. The molecule has 0 aromatic heterocycles. The molecule has 0 saturated carbocycles. The van der Waals surface area contributed by atoms with E-state index in [4.69, 9.17) is 10.00 Å². The Hall–Kier alpha value is -1.82. The predicted molar refractivity (Wildman–Crippen MR) is 51.8 cm³/mol. The highest BCUT2D eigenvalue weighted by atomic mass is 16.5. The minimum Gasteiger partial charge on any atom is -0.427 e. The number of hydrogen-bond acceptors (Lipinski definition) is 3. The van der Waals surface area contributed by atoms with Gasteiger partial charge in [0, 0.05) is 6.92 Å². The molecule has 0 radical (unpaired) electrons. The second-order valence-electron chi connectivity index (χ2n) is 2.88. The third kappa shape index (κ3) is 2.33. The van der Waals surface area contributed by atoms with Crippen LogP contribution in [0.3, 0.4) is 0 Å². The maximum absolute atomic E-state index is 10.7. The first kappa shape index (κ1) is 10.3. The zero-order chi connectivity index (χ0) is 10.6. The van der Waals surface area contributed by atoms with E-state index in [1.807, 2.05) is 6.92 Å². The first-order chi connectivity index (χ1) is 6.67. The Morgan fingerprint density at radius 1 is 1.57 bits per heavy atom. The molecule has 0 bridgehead atoms. The van der Waals surface area contributed by atoms with Crippen LogP contribution in [0.5, 0.6) is 5.75 Å². The van der Waals surface area contributed by atoms with Gasteiger partial charge in [0.05, 0.1) is 11.6 Å². The normalized spacial score (nSPS) is 9.21. The number of carbonyl (C=O) groups excluding carboxylic acids is 1. The van der Waals surface area contributed by atoms with E-state index in [-0.39, 0.29) is 5.97 Å². The number of nitrogens with zero attached hydrogens (tertiary/aromatic N) is 1. The number of aryl methyl sites for hydroxylation is 1. The van der Waals surface area contributed by atoms with Crippen molar-refractivity contribution in [1.82, 2.24) is 0 Å². The molecule has 0 amide bonds. The number of benzene rings is 1. The molecule has 0 N–H and O–H groups in total. The lowest BCUT2D eigenvalue weighted by Crippen LogP contribution is -2.02. The summed E-state index contributed by atoms with van der Waals surface area (Å²) in [7, 11) is 0. The predicted octanol–water partition coefficient (Wildman–Crippen LogP) is 2.05. The van der Waals surface area contributed by atoms with Crippen molar-refractivity contribution in [2.24, 2.45) is 0 Å². The Morgan fingerprint density at radius 3 is 2.79 bits per heavy atom. The molecule has 1 rings (SSSR count). The van der Waals surface area contributed by atoms with Gasteiger partial charge < -0.3 is 4.74 Å². The number of rotatable bonds is 2. The Bertz CT molecular complexity index is 391. The maximum atomic E-state index is 10.7. The van der Waals surface area contributed by atoms with Crippen LogP contribution in [0, 0.1) is 11.3 Å². The summed E-state index contributed by atoms with van der Waals surface area (Å²) in [5, 5.41) is 8.82.